The van der Waals surface area contributed by atoms with E-state index in [0.717, 1.165) is 31.6 Å². The maximum atomic E-state index is 4.53. The lowest BCUT2D eigenvalue weighted by molar-refractivity contribution is 0.199. The zero-order valence-corrected chi connectivity index (χ0v) is 10.8. The lowest BCUT2D eigenvalue weighted by Gasteiger charge is -2.33. The topological polar surface area (TPSA) is 28.2 Å². The number of benzene rings is 1. The predicted molar refractivity (Wildman–Crippen MR) is 74.7 cm³/mol. The quantitative estimate of drug-likeness (QED) is 0.867. The van der Waals surface area contributed by atoms with Crippen LogP contribution in [0.4, 0.5) is 0 Å². The summed E-state index contributed by atoms with van der Waals surface area (Å²) in [5.41, 5.74) is 2.41. The second-order valence-electron chi connectivity index (χ2n) is 5.08. The van der Waals surface area contributed by atoms with Gasteiger partial charge in [0.25, 0.3) is 0 Å². The molecule has 1 unspecified atom stereocenters. The van der Waals surface area contributed by atoms with Crippen molar-refractivity contribution in [2.45, 2.75) is 12.5 Å². The summed E-state index contributed by atoms with van der Waals surface area (Å²) in [6.45, 7) is 3.30. The Hall–Kier alpha value is -1.45. The minimum absolute atomic E-state index is 0.585. The molecule has 0 saturated carbocycles. The average molecular weight is 241 g/mol. The molecule has 94 valence electrons. The van der Waals surface area contributed by atoms with Gasteiger partial charge in [-0.15, -0.1) is 0 Å². The van der Waals surface area contributed by atoms with Gasteiger partial charge in [0.05, 0.1) is 5.52 Å². The predicted octanol–water partition coefficient (Wildman–Crippen LogP) is 1.68. The molecule has 1 aromatic carbocycles. The first-order valence-corrected chi connectivity index (χ1v) is 6.57. The molecular weight excluding hydrogens is 222 g/mol. The van der Waals surface area contributed by atoms with E-state index in [4.69, 9.17) is 0 Å². The van der Waals surface area contributed by atoms with E-state index in [0.29, 0.717) is 6.04 Å². The fraction of sp³-hybridized carbons (Fsp3) is 0.400. The van der Waals surface area contributed by atoms with E-state index >= 15 is 0 Å². The number of para-hydroxylation sites is 1. The number of nitrogens with one attached hydrogen (secondary N) is 1. The molecule has 3 nitrogen and oxygen atoms in total. The van der Waals surface area contributed by atoms with E-state index in [1.165, 1.54) is 10.9 Å². The molecule has 2 heterocycles. The molecule has 0 amide bonds. The normalized spacial score (nSPS) is 21.3. The van der Waals surface area contributed by atoms with Gasteiger partial charge in [-0.2, -0.15) is 0 Å². The average Bonchev–Trinajstić information content (AvgIpc) is 2.41. The maximum Gasteiger partial charge on any atom is 0.0702 e. The molecule has 18 heavy (non-hydrogen) atoms. The van der Waals surface area contributed by atoms with Gasteiger partial charge in [-0.25, -0.2) is 0 Å². The van der Waals surface area contributed by atoms with Crippen LogP contribution in [0.1, 0.15) is 5.56 Å². The van der Waals surface area contributed by atoms with Crippen LogP contribution in [-0.2, 0) is 6.42 Å². The standard InChI is InChI=1S/C15H19N3/c1-18-7-6-16-11-14(18)9-12-8-13-4-2-3-5-15(13)17-10-12/h2-5,8,10,14,16H,6-7,9,11H2,1H3. The van der Waals surface area contributed by atoms with Crippen molar-refractivity contribution in [1.29, 1.82) is 0 Å². The summed E-state index contributed by atoms with van der Waals surface area (Å²) in [7, 11) is 2.21. The minimum atomic E-state index is 0.585. The van der Waals surface area contributed by atoms with Gasteiger partial charge in [-0.1, -0.05) is 18.2 Å². The van der Waals surface area contributed by atoms with Crippen LogP contribution in [0.2, 0.25) is 0 Å². The summed E-state index contributed by atoms with van der Waals surface area (Å²) >= 11 is 0. The van der Waals surface area contributed by atoms with E-state index in [-0.39, 0.29) is 0 Å². The smallest absolute Gasteiger partial charge is 0.0702 e. The van der Waals surface area contributed by atoms with Crippen LogP contribution in [0, 0.1) is 0 Å². The van der Waals surface area contributed by atoms with Crippen LogP contribution in [-0.4, -0.2) is 42.6 Å². The minimum Gasteiger partial charge on any atom is -0.314 e. The molecule has 0 aliphatic carbocycles. The summed E-state index contributed by atoms with van der Waals surface area (Å²) in [4.78, 5) is 6.97. The van der Waals surface area contributed by atoms with Gasteiger partial charge in [0.1, 0.15) is 0 Å². The van der Waals surface area contributed by atoms with Crippen LogP contribution in [0.25, 0.3) is 10.9 Å². The number of likely N-dealkylation sites (N-methyl/N-ethyl adjacent to an activating group) is 1. The molecular formula is C15H19N3. The third-order valence-corrected chi connectivity index (χ3v) is 3.76. The molecule has 1 N–H and O–H groups in total. The highest BCUT2D eigenvalue weighted by molar-refractivity contribution is 5.78. The van der Waals surface area contributed by atoms with Crippen molar-refractivity contribution in [3.63, 3.8) is 0 Å². The number of aromatic nitrogens is 1. The highest BCUT2D eigenvalue weighted by Crippen LogP contribution is 2.15. The van der Waals surface area contributed by atoms with Crippen molar-refractivity contribution >= 4 is 10.9 Å². The van der Waals surface area contributed by atoms with Crippen molar-refractivity contribution in [3.05, 3.63) is 42.1 Å². The number of piperazine rings is 1. The lowest BCUT2D eigenvalue weighted by Crippen LogP contribution is -2.50. The molecule has 1 aromatic heterocycles. The van der Waals surface area contributed by atoms with Crippen molar-refractivity contribution in [3.8, 4) is 0 Å². The summed E-state index contributed by atoms with van der Waals surface area (Å²) in [5.74, 6) is 0. The van der Waals surface area contributed by atoms with Crippen molar-refractivity contribution in [1.82, 2.24) is 15.2 Å². The molecule has 0 bridgehead atoms. The van der Waals surface area contributed by atoms with Gasteiger partial charge in [0.15, 0.2) is 0 Å². The Bertz CT molecular complexity index is 538. The third kappa shape index (κ3) is 2.37. The lowest BCUT2D eigenvalue weighted by atomic mass is 10.0. The highest BCUT2D eigenvalue weighted by Gasteiger charge is 2.18. The van der Waals surface area contributed by atoms with Crippen LogP contribution in [0.5, 0.6) is 0 Å². The Labute approximate surface area is 108 Å². The highest BCUT2D eigenvalue weighted by atomic mass is 15.2. The summed E-state index contributed by atoms with van der Waals surface area (Å²) in [6.07, 6.45) is 3.09. The maximum absolute atomic E-state index is 4.53. The zero-order chi connectivity index (χ0) is 12.4. The Morgan fingerprint density at radius 2 is 2.28 bits per heavy atom. The number of nitrogens with zero attached hydrogens (tertiary/aromatic N) is 2. The second-order valence-corrected chi connectivity index (χ2v) is 5.08. The first kappa shape index (κ1) is 11.6. The zero-order valence-electron chi connectivity index (χ0n) is 10.8. The number of hydrogen-bond acceptors (Lipinski definition) is 3. The van der Waals surface area contributed by atoms with Gasteiger partial charge in [-0.3, -0.25) is 4.98 Å². The van der Waals surface area contributed by atoms with E-state index in [2.05, 4.69) is 46.5 Å². The van der Waals surface area contributed by atoms with Gasteiger partial charge in [0.2, 0.25) is 0 Å². The number of pyridine rings is 1. The fourth-order valence-corrected chi connectivity index (χ4v) is 2.59. The Balaban J connectivity index is 1.81. The fourth-order valence-electron chi connectivity index (χ4n) is 2.59. The van der Waals surface area contributed by atoms with Crippen molar-refractivity contribution < 1.29 is 0 Å². The Kier molecular flexibility index (Phi) is 3.26. The van der Waals surface area contributed by atoms with E-state index < -0.39 is 0 Å². The first-order chi connectivity index (χ1) is 8.83. The third-order valence-electron chi connectivity index (χ3n) is 3.76. The number of hydrogen-bond donors (Lipinski definition) is 1. The largest absolute Gasteiger partial charge is 0.314 e. The number of fused-ring (bicyclic) bond motifs is 1. The molecule has 0 spiro atoms. The monoisotopic (exact) mass is 241 g/mol. The second kappa shape index (κ2) is 5.04. The molecule has 1 saturated heterocycles. The molecule has 0 radical (unpaired) electrons. The van der Waals surface area contributed by atoms with Crippen LogP contribution in [0.15, 0.2) is 36.5 Å². The molecule has 1 aliphatic rings. The SMILES string of the molecule is CN1CCNCC1Cc1cnc2ccccc2c1. The molecule has 3 heteroatoms. The van der Waals surface area contributed by atoms with Gasteiger partial charge in [0, 0.05) is 37.3 Å². The molecule has 1 aliphatic heterocycles. The Morgan fingerprint density at radius 3 is 3.17 bits per heavy atom. The molecule has 1 atom stereocenters. The van der Waals surface area contributed by atoms with Crippen LogP contribution in [0.3, 0.4) is 0 Å². The van der Waals surface area contributed by atoms with E-state index in [1.807, 2.05) is 12.3 Å². The molecule has 3 rings (SSSR count). The first-order valence-electron chi connectivity index (χ1n) is 6.57. The molecule has 2 aromatic rings. The van der Waals surface area contributed by atoms with Crippen LogP contribution >= 0.6 is 0 Å². The van der Waals surface area contributed by atoms with Gasteiger partial charge >= 0.3 is 0 Å². The summed E-state index contributed by atoms with van der Waals surface area (Å²) < 4.78 is 0. The Morgan fingerprint density at radius 1 is 1.39 bits per heavy atom. The van der Waals surface area contributed by atoms with Crippen molar-refractivity contribution in [2.24, 2.45) is 0 Å². The molecule has 1 fully saturated rings. The van der Waals surface area contributed by atoms with Gasteiger partial charge < -0.3 is 10.2 Å². The van der Waals surface area contributed by atoms with E-state index in [9.17, 15) is 0 Å². The van der Waals surface area contributed by atoms with Gasteiger partial charge in [-0.05, 0) is 31.2 Å². The summed E-state index contributed by atoms with van der Waals surface area (Å²) in [5, 5.41) is 4.70. The summed E-state index contributed by atoms with van der Waals surface area (Å²) in [6, 6.07) is 11.2. The van der Waals surface area contributed by atoms with E-state index in [1.54, 1.807) is 0 Å². The number of rotatable bonds is 2. The van der Waals surface area contributed by atoms with Crippen LogP contribution < -0.4 is 5.32 Å². The van der Waals surface area contributed by atoms with Crippen molar-refractivity contribution in [2.75, 3.05) is 26.7 Å².